The Hall–Kier alpha value is -0.830. The van der Waals surface area contributed by atoms with Crippen LogP contribution in [0.5, 0.6) is 0 Å². The third kappa shape index (κ3) is 3.59. The second-order valence-corrected chi connectivity index (χ2v) is 5.95. The quantitative estimate of drug-likeness (QED) is 0.774. The third-order valence-corrected chi connectivity index (χ3v) is 4.28. The van der Waals surface area contributed by atoms with E-state index in [9.17, 15) is 0 Å². The molecule has 0 radical (unpaired) electrons. The number of rotatable bonds is 8. The van der Waals surface area contributed by atoms with E-state index in [0.29, 0.717) is 6.04 Å². The molecule has 3 nitrogen and oxygen atoms in total. The molecule has 19 heavy (non-hydrogen) atoms. The Bertz CT molecular complexity index is 404. The van der Waals surface area contributed by atoms with E-state index >= 15 is 0 Å². The van der Waals surface area contributed by atoms with Gasteiger partial charge in [-0.15, -0.1) is 0 Å². The second kappa shape index (κ2) is 6.56. The summed E-state index contributed by atoms with van der Waals surface area (Å²) in [6.45, 7) is 11.1. The molecule has 1 aromatic heterocycles. The first kappa shape index (κ1) is 14.6. The summed E-state index contributed by atoms with van der Waals surface area (Å²) >= 11 is 0. The van der Waals surface area contributed by atoms with E-state index < -0.39 is 0 Å². The van der Waals surface area contributed by atoms with Crippen molar-refractivity contribution in [1.82, 2.24) is 15.1 Å². The zero-order chi connectivity index (χ0) is 13.8. The van der Waals surface area contributed by atoms with E-state index in [4.69, 9.17) is 5.10 Å². The van der Waals surface area contributed by atoms with E-state index in [1.54, 1.807) is 0 Å². The van der Waals surface area contributed by atoms with Crippen LogP contribution in [-0.2, 0) is 6.54 Å². The lowest BCUT2D eigenvalue weighted by atomic mass is 10.0. The summed E-state index contributed by atoms with van der Waals surface area (Å²) < 4.78 is 2.24. The molecule has 0 aromatic carbocycles. The Morgan fingerprint density at radius 3 is 2.63 bits per heavy atom. The maximum Gasteiger partial charge on any atom is 0.0644 e. The van der Waals surface area contributed by atoms with Gasteiger partial charge in [-0.2, -0.15) is 5.10 Å². The van der Waals surface area contributed by atoms with Crippen molar-refractivity contribution in [3.63, 3.8) is 0 Å². The molecule has 1 fully saturated rings. The summed E-state index contributed by atoms with van der Waals surface area (Å²) in [5.41, 5.74) is 4.02. The van der Waals surface area contributed by atoms with Crippen molar-refractivity contribution in [2.45, 2.75) is 72.4 Å². The fourth-order valence-electron chi connectivity index (χ4n) is 2.91. The van der Waals surface area contributed by atoms with Crippen molar-refractivity contribution >= 4 is 0 Å². The van der Waals surface area contributed by atoms with E-state index in [0.717, 1.165) is 25.4 Å². The number of aryl methyl sites for hydroxylation is 2. The first-order valence-corrected chi connectivity index (χ1v) is 7.94. The second-order valence-electron chi connectivity index (χ2n) is 5.95. The van der Waals surface area contributed by atoms with Gasteiger partial charge in [0.05, 0.1) is 5.69 Å². The van der Waals surface area contributed by atoms with Crippen molar-refractivity contribution in [2.75, 3.05) is 6.54 Å². The smallest absolute Gasteiger partial charge is 0.0644 e. The molecular formula is C16H29N3. The molecule has 1 aliphatic carbocycles. The summed E-state index contributed by atoms with van der Waals surface area (Å²) in [6, 6.07) is 0.467. The highest BCUT2D eigenvalue weighted by Gasteiger charge is 2.23. The van der Waals surface area contributed by atoms with Crippen LogP contribution < -0.4 is 5.32 Å². The first-order valence-electron chi connectivity index (χ1n) is 7.94. The van der Waals surface area contributed by atoms with Gasteiger partial charge in [0.25, 0.3) is 0 Å². The van der Waals surface area contributed by atoms with Crippen molar-refractivity contribution in [2.24, 2.45) is 5.92 Å². The average molecular weight is 263 g/mol. The lowest BCUT2D eigenvalue weighted by molar-refractivity contribution is 0.507. The van der Waals surface area contributed by atoms with Crippen LogP contribution in [0.2, 0.25) is 0 Å². The molecule has 1 atom stereocenters. The minimum Gasteiger partial charge on any atom is -0.310 e. The van der Waals surface area contributed by atoms with Gasteiger partial charge >= 0.3 is 0 Å². The van der Waals surface area contributed by atoms with Crippen LogP contribution in [0.4, 0.5) is 0 Å². The van der Waals surface area contributed by atoms with E-state index in [1.807, 2.05) is 0 Å². The molecular weight excluding hydrogens is 234 g/mol. The summed E-state index contributed by atoms with van der Waals surface area (Å²) in [5, 5.41) is 8.42. The molecule has 1 unspecified atom stereocenters. The highest BCUT2D eigenvalue weighted by molar-refractivity contribution is 5.28. The van der Waals surface area contributed by atoms with Gasteiger partial charge in [0.2, 0.25) is 0 Å². The maximum absolute atomic E-state index is 4.76. The summed E-state index contributed by atoms with van der Waals surface area (Å²) in [5.74, 6) is 0.979. The normalized spacial score (nSPS) is 16.8. The number of nitrogens with one attached hydrogen (secondary N) is 1. The monoisotopic (exact) mass is 263 g/mol. The van der Waals surface area contributed by atoms with Crippen LogP contribution in [0, 0.1) is 19.8 Å². The van der Waals surface area contributed by atoms with Crippen LogP contribution in [-0.4, -0.2) is 16.3 Å². The fourth-order valence-corrected chi connectivity index (χ4v) is 2.91. The van der Waals surface area contributed by atoms with Crippen LogP contribution in [0.1, 0.15) is 68.9 Å². The first-order chi connectivity index (χ1) is 9.17. The third-order valence-electron chi connectivity index (χ3n) is 4.28. The molecule has 1 heterocycles. The zero-order valence-electron chi connectivity index (χ0n) is 13.0. The topological polar surface area (TPSA) is 29.9 Å². The van der Waals surface area contributed by atoms with Crippen molar-refractivity contribution in [3.8, 4) is 0 Å². The minimum atomic E-state index is 0.467. The predicted octanol–water partition coefficient (Wildman–Crippen LogP) is 3.75. The Morgan fingerprint density at radius 2 is 2.05 bits per heavy atom. The van der Waals surface area contributed by atoms with Crippen LogP contribution >= 0.6 is 0 Å². The molecule has 3 heteroatoms. The molecule has 0 amide bonds. The highest BCUT2D eigenvalue weighted by atomic mass is 15.3. The predicted molar refractivity (Wildman–Crippen MR) is 80.4 cm³/mol. The zero-order valence-corrected chi connectivity index (χ0v) is 13.0. The minimum absolute atomic E-state index is 0.467. The molecule has 1 saturated carbocycles. The lowest BCUT2D eigenvalue weighted by Gasteiger charge is -2.17. The molecule has 0 spiro atoms. The van der Waals surface area contributed by atoms with Crippen LogP contribution in [0.15, 0.2) is 0 Å². The van der Waals surface area contributed by atoms with E-state index in [2.05, 4.69) is 37.7 Å². The van der Waals surface area contributed by atoms with Gasteiger partial charge in [-0.1, -0.05) is 26.7 Å². The van der Waals surface area contributed by atoms with Crippen molar-refractivity contribution in [1.29, 1.82) is 0 Å². The molecule has 1 aliphatic rings. The Morgan fingerprint density at radius 1 is 1.32 bits per heavy atom. The van der Waals surface area contributed by atoms with E-state index in [-0.39, 0.29) is 0 Å². The molecule has 1 N–H and O–H groups in total. The van der Waals surface area contributed by atoms with Gasteiger partial charge in [-0.3, -0.25) is 4.68 Å². The summed E-state index contributed by atoms with van der Waals surface area (Å²) in [4.78, 5) is 0. The van der Waals surface area contributed by atoms with Crippen molar-refractivity contribution in [3.05, 3.63) is 17.0 Å². The lowest BCUT2D eigenvalue weighted by Crippen LogP contribution is -2.22. The van der Waals surface area contributed by atoms with Gasteiger partial charge in [0, 0.05) is 23.8 Å². The average Bonchev–Trinajstić information content (AvgIpc) is 3.18. The van der Waals surface area contributed by atoms with Gasteiger partial charge in [0.1, 0.15) is 0 Å². The number of nitrogens with zero attached hydrogens (tertiary/aromatic N) is 2. The highest BCUT2D eigenvalue weighted by Crippen LogP contribution is 2.33. The molecule has 0 saturated heterocycles. The number of hydrogen-bond donors (Lipinski definition) is 1. The Labute approximate surface area is 117 Å². The molecule has 108 valence electrons. The summed E-state index contributed by atoms with van der Waals surface area (Å²) in [7, 11) is 0. The number of hydrogen-bond acceptors (Lipinski definition) is 2. The maximum atomic E-state index is 4.76. The van der Waals surface area contributed by atoms with Gasteiger partial charge < -0.3 is 5.32 Å². The number of aromatic nitrogens is 2. The van der Waals surface area contributed by atoms with Gasteiger partial charge in [-0.25, -0.2) is 0 Å². The van der Waals surface area contributed by atoms with Crippen LogP contribution in [0.25, 0.3) is 0 Å². The Kier molecular flexibility index (Phi) is 5.03. The SMILES string of the molecule is CCCNC(CC)c1c(C)nn(CCC2CC2)c1C. The van der Waals surface area contributed by atoms with Crippen LogP contribution in [0.3, 0.4) is 0 Å². The Balaban J connectivity index is 2.08. The molecule has 0 aliphatic heterocycles. The summed E-state index contributed by atoms with van der Waals surface area (Å²) in [6.07, 6.45) is 6.49. The van der Waals surface area contributed by atoms with Gasteiger partial charge in [0.15, 0.2) is 0 Å². The van der Waals surface area contributed by atoms with Gasteiger partial charge in [-0.05, 0) is 45.6 Å². The molecule has 1 aromatic rings. The van der Waals surface area contributed by atoms with E-state index in [1.165, 1.54) is 42.6 Å². The fraction of sp³-hybridized carbons (Fsp3) is 0.812. The van der Waals surface area contributed by atoms with Crippen molar-refractivity contribution < 1.29 is 0 Å². The standard InChI is InChI=1S/C16H29N3/c1-5-10-17-15(6-2)16-12(3)18-19(13(16)4)11-9-14-7-8-14/h14-15,17H,5-11H2,1-4H3. The molecule has 0 bridgehead atoms. The molecule has 2 rings (SSSR count). The largest absolute Gasteiger partial charge is 0.310 e.